The maximum Gasteiger partial charge on any atom is 0.127 e. The summed E-state index contributed by atoms with van der Waals surface area (Å²) in [4.78, 5) is 0. The van der Waals surface area contributed by atoms with Gasteiger partial charge in [-0.05, 0) is 24.6 Å². The summed E-state index contributed by atoms with van der Waals surface area (Å²) in [6.45, 7) is 2.19. The Labute approximate surface area is 107 Å². The van der Waals surface area contributed by atoms with Crippen molar-refractivity contribution in [1.29, 1.82) is 0 Å². The van der Waals surface area contributed by atoms with Gasteiger partial charge in [0.25, 0.3) is 0 Å². The second-order valence-electron chi connectivity index (χ2n) is 4.09. The average Bonchev–Trinajstić information content (AvgIpc) is 2.40. The van der Waals surface area contributed by atoms with E-state index in [9.17, 15) is 0 Å². The quantitative estimate of drug-likeness (QED) is 0.660. The molecule has 0 amide bonds. The van der Waals surface area contributed by atoms with Crippen molar-refractivity contribution in [3.05, 3.63) is 23.3 Å². The number of hydrogen-bond acceptors (Lipinski definition) is 5. The van der Waals surface area contributed by atoms with E-state index in [1.807, 2.05) is 19.1 Å². The number of methoxy groups -OCH3 is 2. The normalized spacial score (nSPS) is 10.8. The molecule has 0 saturated heterocycles. The Balaban J connectivity index is 2.91. The summed E-state index contributed by atoms with van der Waals surface area (Å²) in [7, 11) is 3.21. The summed E-state index contributed by atoms with van der Waals surface area (Å²) < 4.78 is 10.6. The topological polar surface area (TPSA) is 71.0 Å². The summed E-state index contributed by atoms with van der Waals surface area (Å²) in [5.74, 6) is 1.46. The summed E-state index contributed by atoms with van der Waals surface area (Å²) >= 11 is 0. The minimum absolute atomic E-state index is 0.118. The Morgan fingerprint density at radius 3 is 2.00 bits per heavy atom. The lowest BCUT2D eigenvalue weighted by atomic mass is 10.1. The average molecular weight is 255 g/mol. The number of aliphatic hydroxyl groups excluding tert-OH is 2. The van der Waals surface area contributed by atoms with Crippen LogP contribution in [-0.2, 0) is 6.54 Å². The third-order valence-corrected chi connectivity index (χ3v) is 2.76. The van der Waals surface area contributed by atoms with E-state index in [0.29, 0.717) is 6.54 Å². The predicted octanol–water partition coefficient (Wildman–Crippen LogP) is 0.455. The number of rotatable bonds is 7. The highest BCUT2D eigenvalue weighted by atomic mass is 16.5. The molecule has 102 valence electrons. The van der Waals surface area contributed by atoms with Crippen LogP contribution in [-0.4, -0.2) is 43.7 Å². The number of ether oxygens (including phenoxy) is 2. The highest BCUT2D eigenvalue weighted by molar-refractivity contribution is 5.47. The lowest BCUT2D eigenvalue weighted by molar-refractivity contribution is 0.169. The number of nitrogens with one attached hydrogen (secondary N) is 1. The zero-order valence-corrected chi connectivity index (χ0v) is 11.1. The zero-order valence-electron chi connectivity index (χ0n) is 11.1. The highest BCUT2D eigenvalue weighted by Crippen LogP contribution is 2.30. The molecule has 0 saturated carbocycles. The monoisotopic (exact) mass is 255 g/mol. The van der Waals surface area contributed by atoms with Gasteiger partial charge >= 0.3 is 0 Å². The minimum atomic E-state index is -0.347. The van der Waals surface area contributed by atoms with Crippen molar-refractivity contribution < 1.29 is 19.7 Å². The van der Waals surface area contributed by atoms with E-state index in [1.54, 1.807) is 14.2 Å². The molecule has 0 atom stereocenters. The zero-order chi connectivity index (χ0) is 13.5. The molecule has 0 aliphatic rings. The van der Waals surface area contributed by atoms with Crippen molar-refractivity contribution >= 4 is 0 Å². The van der Waals surface area contributed by atoms with Crippen molar-refractivity contribution in [3.63, 3.8) is 0 Å². The molecular formula is C13H21NO4. The maximum atomic E-state index is 9.02. The first-order chi connectivity index (χ1) is 8.65. The van der Waals surface area contributed by atoms with Crippen LogP contribution in [0.15, 0.2) is 12.1 Å². The molecule has 1 aromatic rings. The molecule has 0 unspecified atom stereocenters. The van der Waals surface area contributed by atoms with E-state index in [4.69, 9.17) is 19.7 Å². The molecule has 5 nitrogen and oxygen atoms in total. The fourth-order valence-electron chi connectivity index (χ4n) is 1.72. The molecule has 0 heterocycles. The molecule has 1 aromatic carbocycles. The molecule has 0 aromatic heterocycles. The molecule has 0 aliphatic carbocycles. The van der Waals surface area contributed by atoms with Crippen molar-refractivity contribution in [2.75, 3.05) is 27.4 Å². The van der Waals surface area contributed by atoms with Gasteiger partial charge in [-0.3, -0.25) is 0 Å². The maximum absolute atomic E-state index is 9.02. The van der Waals surface area contributed by atoms with Gasteiger partial charge < -0.3 is 25.0 Å². The van der Waals surface area contributed by atoms with Gasteiger partial charge in [0.05, 0.1) is 33.5 Å². The molecular weight excluding hydrogens is 234 g/mol. The Morgan fingerprint density at radius 2 is 1.61 bits per heavy atom. The van der Waals surface area contributed by atoms with Crippen molar-refractivity contribution in [1.82, 2.24) is 5.32 Å². The van der Waals surface area contributed by atoms with Gasteiger partial charge in [0.1, 0.15) is 11.5 Å². The number of aliphatic hydroxyl groups is 2. The molecule has 0 fully saturated rings. The predicted molar refractivity (Wildman–Crippen MR) is 69.1 cm³/mol. The van der Waals surface area contributed by atoms with Crippen molar-refractivity contribution in [2.45, 2.75) is 19.5 Å². The fraction of sp³-hybridized carbons (Fsp3) is 0.538. The standard InChI is InChI=1S/C13H21NO4/c1-9-4-12(17-2)11(13(5-9)18-3)6-14-10(7-15)8-16/h4-5,10,14-16H,6-8H2,1-3H3. The minimum Gasteiger partial charge on any atom is -0.496 e. The molecule has 3 N–H and O–H groups in total. The third kappa shape index (κ3) is 3.60. The number of hydrogen-bond donors (Lipinski definition) is 3. The Kier molecular flexibility index (Phi) is 5.91. The van der Waals surface area contributed by atoms with Crippen molar-refractivity contribution in [2.24, 2.45) is 0 Å². The van der Waals surface area contributed by atoms with Crippen molar-refractivity contribution in [3.8, 4) is 11.5 Å². The van der Waals surface area contributed by atoms with Gasteiger partial charge in [-0.1, -0.05) is 0 Å². The van der Waals surface area contributed by atoms with E-state index in [2.05, 4.69) is 5.32 Å². The van der Waals surface area contributed by atoms with E-state index >= 15 is 0 Å². The molecule has 5 heteroatoms. The molecule has 0 spiro atoms. The van der Waals surface area contributed by atoms with Crippen LogP contribution in [0.1, 0.15) is 11.1 Å². The van der Waals surface area contributed by atoms with Crippen LogP contribution >= 0.6 is 0 Å². The summed E-state index contributed by atoms with van der Waals surface area (Å²) in [6.07, 6.45) is 0. The van der Waals surface area contributed by atoms with Crippen LogP contribution in [0.5, 0.6) is 11.5 Å². The summed E-state index contributed by atoms with van der Waals surface area (Å²) in [6, 6.07) is 3.50. The molecule has 1 rings (SSSR count). The van der Waals surface area contributed by atoms with Gasteiger partial charge in [0.15, 0.2) is 0 Å². The molecule has 18 heavy (non-hydrogen) atoms. The number of aryl methyl sites for hydroxylation is 1. The summed E-state index contributed by atoms with van der Waals surface area (Å²) in [5, 5.41) is 21.1. The largest absolute Gasteiger partial charge is 0.496 e. The fourth-order valence-corrected chi connectivity index (χ4v) is 1.72. The third-order valence-electron chi connectivity index (χ3n) is 2.76. The lowest BCUT2D eigenvalue weighted by Crippen LogP contribution is -2.35. The highest BCUT2D eigenvalue weighted by Gasteiger charge is 2.13. The first kappa shape index (κ1) is 14.8. The van der Waals surface area contributed by atoms with Crippen LogP contribution in [0, 0.1) is 6.92 Å². The van der Waals surface area contributed by atoms with Gasteiger partial charge in [-0.2, -0.15) is 0 Å². The van der Waals surface area contributed by atoms with Gasteiger partial charge in [-0.15, -0.1) is 0 Å². The SMILES string of the molecule is COc1cc(C)cc(OC)c1CNC(CO)CO. The first-order valence-electron chi connectivity index (χ1n) is 5.82. The first-order valence-corrected chi connectivity index (χ1v) is 5.82. The van der Waals surface area contributed by atoms with Crippen LogP contribution in [0.2, 0.25) is 0 Å². The smallest absolute Gasteiger partial charge is 0.127 e. The van der Waals surface area contributed by atoms with Crippen LogP contribution < -0.4 is 14.8 Å². The van der Waals surface area contributed by atoms with Crippen LogP contribution in [0.3, 0.4) is 0 Å². The van der Waals surface area contributed by atoms with Crippen LogP contribution in [0.4, 0.5) is 0 Å². The Morgan fingerprint density at radius 1 is 1.11 bits per heavy atom. The molecule has 0 radical (unpaired) electrons. The van der Waals surface area contributed by atoms with Gasteiger partial charge in [0, 0.05) is 12.1 Å². The van der Waals surface area contributed by atoms with E-state index in [0.717, 1.165) is 22.6 Å². The van der Waals surface area contributed by atoms with Gasteiger partial charge in [0.2, 0.25) is 0 Å². The van der Waals surface area contributed by atoms with Gasteiger partial charge in [-0.25, -0.2) is 0 Å². The summed E-state index contributed by atoms with van der Waals surface area (Å²) in [5.41, 5.74) is 1.92. The Bertz CT molecular complexity index is 352. The lowest BCUT2D eigenvalue weighted by Gasteiger charge is -2.18. The van der Waals surface area contributed by atoms with E-state index in [-0.39, 0.29) is 19.3 Å². The number of benzene rings is 1. The molecule has 0 bridgehead atoms. The molecule has 0 aliphatic heterocycles. The second-order valence-corrected chi connectivity index (χ2v) is 4.09. The Hall–Kier alpha value is -1.30. The van der Waals surface area contributed by atoms with E-state index in [1.165, 1.54) is 0 Å². The van der Waals surface area contributed by atoms with E-state index < -0.39 is 0 Å². The van der Waals surface area contributed by atoms with Crippen LogP contribution in [0.25, 0.3) is 0 Å². The second kappa shape index (κ2) is 7.20.